The van der Waals surface area contributed by atoms with Crippen LogP contribution in [0.25, 0.3) is 0 Å². The average molecular weight is 357 g/mol. The predicted octanol–water partition coefficient (Wildman–Crippen LogP) is 2.84. The fraction of sp³-hybridized carbons (Fsp3) is 0.571. The number of hydrogen-bond donors (Lipinski definition) is 2. The van der Waals surface area contributed by atoms with Crippen LogP contribution in [0.5, 0.6) is 5.75 Å². The molecular weight excluding hydrogens is 326 g/mol. The first-order chi connectivity index (χ1) is 12.5. The molecule has 1 fully saturated rings. The van der Waals surface area contributed by atoms with Crippen molar-refractivity contribution in [1.82, 2.24) is 15.1 Å². The number of hydrogen-bond acceptors (Lipinski definition) is 4. The van der Waals surface area contributed by atoms with E-state index < -0.39 is 6.10 Å². The number of rotatable bonds is 6. The topological polar surface area (TPSA) is 59.3 Å². The Bertz CT molecular complexity index is 741. The summed E-state index contributed by atoms with van der Waals surface area (Å²) in [6.45, 7) is 7.06. The highest BCUT2D eigenvalue weighted by molar-refractivity contribution is 5.28. The molecule has 0 saturated heterocycles. The molecular formula is C21H31N3O2. The van der Waals surface area contributed by atoms with Gasteiger partial charge >= 0.3 is 0 Å². The van der Waals surface area contributed by atoms with Crippen LogP contribution in [0.15, 0.2) is 24.3 Å². The van der Waals surface area contributed by atoms with Crippen molar-refractivity contribution in [3.05, 3.63) is 46.8 Å². The smallest absolute Gasteiger partial charge is 0.126 e. The van der Waals surface area contributed by atoms with Gasteiger partial charge in [-0.3, -0.25) is 4.68 Å². The summed E-state index contributed by atoms with van der Waals surface area (Å²) in [5.74, 6) is 0.844. The molecule has 0 unspecified atom stereocenters. The molecule has 5 nitrogen and oxygen atoms in total. The molecule has 142 valence electrons. The number of nitrogens with zero attached hydrogens (tertiary/aromatic N) is 2. The minimum absolute atomic E-state index is 0.0795. The van der Waals surface area contributed by atoms with E-state index in [-0.39, 0.29) is 12.1 Å². The highest BCUT2D eigenvalue weighted by Crippen LogP contribution is 2.25. The third-order valence-electron chi connectivity index (χ3n) is 5.51. The average Bonchev–Trinajstić information content (AvgIpc) is 2.84. The number of aliphatic hydroxyl groups excluding tert-OH is 1. The lowest BCUT2D eigenvalue weighted by Crippen LogP contribution is -2.51. The van der Waals surface area contributed by atoms with Gasteiger partial charge < -0.3 is 15.2 Å². The molecule has 3 atom stereocenters. The van der Waals surface area contributed by atoms with Gasteiger partial charge in [-0.25, -0.2) is 0 Å². The molecule has 0 spiro atoms. The molecule has 1 aromatic carbocycles. The third kappa shape index (κ3) is 4.27. The Hall–Kier alpha value is -1.85. The highest BCUT2D eigenvalue weighted by atomic mass is 16.5. The van der Waals surface area contributed by atoms with Gasteiger partial charge in [-0.2, -0.15) is 5.10 Å². The standard InChI is InChI=1S/C21H31N3O2/c1-14-7-5-8-17(13-14)26-20-10-6-9-19(21(20)25)22-12-11-18-15(2)23-24(4)16(18)3/h5,7-8,13,19-22,25H,6,9-12H2,1-4H3/t19-,20+,21+/m0/s1. The molecule has 1 saturated carbocycles. The quantitative estimate of drug-likeness (QED) is 0.835. The Labute approximate surface area is 156 Å². The SMILES string of the molecule is Cc1cccc(O[C@@H]2CCC[C@H](NCCc3c(C)nn(C)c3C)[C@H]2O)c1. The second-order valence-electron chi connectivity index (χ2n) is 7.48. The van der Waals surface area contributed by atoms with Crippen molar-refractivity contribution in [2.24, 2.45) is 7.05 Å². The lowest BCUT2D eigenvalue weighted by Gasteiger charge is -2.35. The predicted molar refractivity (Wildman–Crippen MR) is 104 cm³/mol. The van der Waals surface area contributed by atoms with Gasteiger partial charge in [0.25, 0.3) is 0 Å². The molecule has 1 aliphatic carbocycles. The number of aliphatic hydroxyl groups is 1. The molecule has 2 aromatic rings. The van der Waals surface area contributed by atoms with E-state index in [2.05, 4.69) is 37.3 Å². The van der Waals surface area contributed by atoms with E-state index in [1.165, 1.54) is 16.8 Å². The Morgan fingerprint density at radius 2 is 2.08 bits per heavy atom. The molecule has 3 rings (SSSR count). The summed E-state index contributed by atoms with van der Waals surface area (Å²) in [5.41, 5.74) is 4.79. The summed E-state index contributed by atoms with van der Waals surface area (Å²) in [5, 5.41) is 18.8. The summed E-state index contributed by atoms with van der Waals surface area (Å²) >= 11 is 0. The van der Waals surface area contributed by atoms with Crippen molar-refractivity contribution in [2.75, 3.05) is 6.54 Å². The van der Waals surface area contributed by atoms with Crippen LogP contribution >= 0.6 is 0 Å². The molecule has 2 N–H and O–H groups in total. The second kappa shape index (κ2) is 8.23. The van der Waals surface area contributed by atoms with Gasteiger partial charge in [0.2, 0.25) is 0 Å². The number of nitrogens with one attached hydrogen (secondary N) is 1. The van der Waals surface area contributed by atoms with Crippen molar-refractivity contribution in [2.45, 2.75) is 64.7 Å². The Morgan fingerprint density at radius 3 is 2.77 bits per heavy atom. The molecule has 0 aliphatic heterocycles. The normalized spacial score (nSPS) is 23.2. The van der Waals surface area contributed by atoms with Crippen molar-refractivity contribution in [3.8, 4) is 5.75 Å². The first kappa shape index (κ1) is 18.9. The fourth-order valence-electron chi connectivity index (χ4n) is 3.92. The minimum Gasteiger partial charge on any atom is -0.488 e. The van der Waals surface area contributed by atoms with E-state index in [4.69, 9.17) is 4.74 Å². The number of aromatic nitrogens is 2. The summed E-state index contributed by atoms with van der Waals surface area (Å²) in [6.07, 6.45) is 3.24. The zero-order valence-electron chi connectivity index (χ0n) is 16.3. The third-order valence-corrected chi connectivity index (χ3v) is 5.51. The van der Waals surface area contributed by atoms with Gasteiger partial charge in [0.1, 0.15) is 18.0 Å². The summed E-state index contributed by atoms with van der Waals surface area (Å²) in [7, 11) is 1.98. The molecule has 0 radical (unpaired) electrons. The van der Waals surface area contributed by atoms with E-state index >= 15 is 0 Å². The first-order valence-electron chi connectivity index (χ1n) is 9.59. The summed E-state index contributed by atoms with van der Waals surface area (Å²) < 4.78 is 8.02. The van der Waals surface area contributed by atoms with Crippen LogP contribution in [0.3, 0.4) is 0 Å². The van der Waals surface area contributed by atoms with Crippen LogP contribution < -0.4 is 10.1 Å². The van der Waals surface area contributed by atoms with Crippen LogP contribution in [0.4, 0.5) is 0 Å². The molecule has 1 aliphatic rings. The lowest BCUT2D eigenvalue weighted by molar-refractivity contribution is -0.0151. The minimum atomic E-state index is -0.486. The van der Waals surface area contributed by atoms with E-state index in [9.17, 15) is 5.11 Å². The fourth-order valence-corrected chi connectivity index (χ4v) is 3.92. The maximum Gasteiger partial charge on any atom is 0.126 e. The largest absolute Gasteiger partial charge is 0.488 e. The number of benzene rings is 1. The summed E-state index contributed by atoms with van der Waals surface area (Å²) in [4.78, 5) is 0. The van der Waals surface area contributed by atoms with Crippen molar-refractivity contribution >= 4 is 0 Å². The van der Waals surface area contributed by atoms with Gasteiger partial charge in [-0.1, -0.05) is 12.1 Å². The molecule has 0 amide bonds. The molecule has 1 aromatic heterocycles. The molecule has 1 heterocycles. The number of aryl methyl sites for hydroxylation is 3. The van der Waals surface area contributed by atoms with Crippen LogP contribution in [0, 0.1) is 20.8 Å². The maximum absolute atomic E-state index is 10.8. The van der Waals surface area contributed by atoms with E-state index in [0.717, 1.165) is 43.7 Å². The monoisotopic (exact) mass is 357 g/mol. The zero-order valence-corrected chi connectivity index (χ0v) is 16.3. The van der Waals surface area contributed by atoms with Crippen LogP contribution in [-0.2, 0) is 13.5 Å². The molecule has 0 bridgehead atoms. The van der Waals surface area contributed by atoms with E-state index in [1.807, 2.05) is 29.9 Å². The van der Waals surface area contributed by atoms with Crippen molar-refractivity contribution in [3.63, 3.8) is 0 Å². The Kier molecular flexibility index (Phi) is 5.99. The van der Waals surface area contributed by atoms with Crippen LogP contribution in [-0.4, -0.2) is 39.7 Å². The molecule has 5 heteroatoms. The first-order valence-corrected chi connectivity index (χ1v) is 9.59. The van der Waals surface area contributed by atoms with Gasteiger partial charge in [0.15, 0.2) is 0 Å². The lowest BCUT2D eigenvalue weighted by atomic mass is 9.89. The van der Waals surface area contributed by atoms with Gasteiger partial charge in [-0.05, 0) is 76.3 Å². The van der Waals surface area contributed by atoms with Crippen molar-refractivity contribution in [1.29, 1.82) is 0 Å². The van der Waals surface area contributed by atoms with E-state index in [1.54, 1.807) is 0 Å². The highest BCUT2D eigenvalue weighted by Gasteiger charge is 2.33. The van der Waals surface area contributed by atoms with Gasteiger partial charge in [-0.15, -0.1) is 0 Å². The molecule has 26 heavy (non-hydrogen) atoms. The Morgan fingerprint density at radius 1 is 1.27 bits per heavy atom. The van der Waals surface area contributed by atoms with E-state index in [0.29, 0.717) is 0 Å². The van der Waals surface area contributed by atoms with Gasteiger partial charge in [0, 0.05) is 18.8 Å². The zero-order chi connectivity index (χ0) is 18.7. The second-order valence-corrected chi connectivity index (χ2v) is 7.48. The summed E-state index contributed by atoms with van der Waals surface area (Å²) in [6, 6.07) is 8.11. The van der Waals surface area contributed by atoms with Gasteiger partial charge in [0.05, 0.1) is 5.69 Å². The Balaban J connectivity index is 1.55. The van der Waals surface area contributed by atoms with Crippen LogP contribution in [0.1, 0.15) is 41.8 Å². The van der Waals surface area contributed by atoms with Crippen molar-refractivity contribution < 1.29 is 9.84 Å². The maximum atomic E-state index is 10.8. The van der Waals surface area contributed by atoms with Crippen LogP contribution in [0.2, 0.25) is 0 Å². The number of ether oxygens (including phenoxy) is 1.